The zero-order valence-corrected chi connectivity index (χ0v) is 10.1. The lowest BCUT2D eigenvalue weighted by Crippen LogP contribution is -2.23. The van der Waals surface area contributed by atoms with E-state index in [-0.39, 0.29) is 5.91 Å². The molecule has 5 N–H and O–H groups in total. The third-order valence-electron chi connectivity index (χ3n) is 2.54. The maximum atomic E-state index is 11.9. The van der Waals surface area contributed by atoms with Crippen LogP contribution >= 0.6 is 0 Å². The average molecular weight is 245 g/mol. The molecule has 18 heavy (non-hydrogen) atoms. The summed E-state index contributed by atoms with van der Waals surface area (Å²) < 4.78 is 5.35. The Labute approximate surface area is 105 Å². The third-order valence-corrected chi connectivity index (χ3v) is 2.54. The van der Waals surface area contributed by atoms with Crippen molar-refractivity contribution in [2.75, 3.05) is 11.5 Å². The number of benzene rings is 1. The van der Waals surface area contributed by atoms with Gasteiger partial charge >= 0.3 is 0 Å². The molecular weight excluding hydrogens is 230 g/mol. The largest absolute Gasteiger partial charge is 0.465 e. The van der Waals surface area contributed by atoms with Crippen molar-refractivity contribution >= 4 is 17.3 Å². The fraction of sp³-hybridized carbons (Fsp3) is 0.154. The summed E-state index contributed by atoms with van der Waals surface area (Å²) >= 11 is 0. The van der Waals surface area contributed by atoms with Crippen LogP contribution in [0.3, 0.4) is 0 Å². The number of furan rings is 1. The molecule has 1 heterocycles. The number of hydrogen-bond donors (Lipinski definition) is 3. The van der Waals surface area contributed by atoms with Crippen LogP contribution in [0.4, 0.5) is 11.4 Å². The average Bonchev–Trinajstić information content (AvgIpc) is 2.72. The van der Waals surface area contributed by atoms with Crippen molar-refractivity contribution in [2.45, 2.75) is 13.5 Å². The summed E-state index contributed by atoms with van der Waals surface area (Å²) in [7, 11) is 0. The van der Waals surface area contributed by atoms with Gasteiger partial charge in [0.15, 0.2) is 0 Å². The van der Waals surface area contributed by atoms with Gasteiger partial charge < -0.3 is 21.2 Å². The number of nitrogens with two attached hydrogens (primary N) is 2. The highest BCUT2D eigenvalue weighted by atomic mass is 16.3. The second-order valence-electron chi connectivity index (χ2n) is 4.04. The van der Waals surface area contributed by atoms with Gasteiger partial charge in [0.1, 0.15) is 11.5 Å². The summed E-state index contributed by atoms with van der Waals surface area (Å²) in [5.41, 5.74) is 12.6. The molecule has 0 atom stereocenters. The van der Waals surface area contributed by atoms with Crippen LogP contribution in [0.25, 0.3) is 0 Å². The highest BCUT2D eigenvalue weighted by molar-refractivity contribution is 5.99. The van der Waals surface area contributed by atoms with Gasteiger partial charge in [-0.2, -0.15) is 0 Å². The number of aryl methyl sites for hydroxylation is 1. The van der Waals surface area contributed by atoms with E-state index in [0.29, 0.717) is 29.2 Å². The van der Waals surface area contributed by atoms with Crippen molar-refractivity contribution in [1.29, 1.82) is 0 Å². The molecule has 0 aliphatic heterocycles. The van der Waals surface area contributed by atoms with Crippen LogP contribution in [0, 0.1) is 6.92 Å². The molecule has 2 rings (SSSR count). The number of rotatable bonds is 3. The Bertz CT molecular complexity index is 575. The molecule has 0 radical (unpaired) electrons. The van der Waals surface area contributed by atoms with Crippen molar-refractivity contribution in [2.24, 2.45) is 0 Å². The van der Waals surface area contributed by atoms with Crippen LogP contribution in [0.1, 0.15) is 21.9 Å². The van der Waals surface area contributed by atoms with Gasteiger partial charge in [-0.3, -0.25) is 4.79 Å². The van der Waals surface area contributed by atoms with E-state index < -0.39 is 0 Å². The van der Waals surface area contributed by atoms with Gasteiger partial charge in [-0.05, 0) is 37.3 Å². The first-order valence-corrected chi connectivity index (χ1v) is 5.55. The van der Waals surface area contributed by atoms with Gasteiger partial charge in [-0.1, -0.05) is 0 Å². The minimum absolute atomic E-state index is 0.249. The van der Waals surface area contributed by atoms with E-state index in [1.54, 1.807) is 18.2 Å². The Morgan fingerprint density at radius 1 is 1.28 bits per heavy atom. The molecule has 1 amide bonds. The lowest BCUT2D eigenvalue weighted by atomic mass is 10.1. The SMILES string of the molecule is Cc1ccc(CNC(=O)c2ccc(N)cc2N)o1. The lowest BCUT2D eigenvalue weighted by Gasteiger charge is -2.07. The van der Waals surface area contributed by atoms with Gasteiger partial charge in [-0.25, -0.2) is 0 Å². The van der Waals surface area contributed by atoms with Crippen molar-refractivity contribution in [1.82, 2.24) is 5.32 Å². The molecule has 0 unspecified atom stereocenters. The van der Waals surface area contributed by atoms with Crippen LogP contribution in [0.5, 0.6) is 0 Å². The Kier molecular flexibility index (Phi) is 3.23. The van der Waals surface area contributed by atoms with E-state index in [0.717, 1.165) is 5.76 Å². The predicted molar refractivity (Wildman–Crippen MR) is 69.9 cm³/mol. The van der Waals surface area contributed by atoms with E-state index in [4.69, 9.17) is 15.9 Å². The number of carbonyl (C=O) groups is 1. The van der Waals surface area contributed by atoms with Crippen LogP contribution in [0.2, 0.25) is 0 Å². The standard InChI is InChI=1S/C13H15N3O2/c1-8-2-4-10(18-8)7-16-13(17)11-5-3-9(14)6-12(11)15/h2-6H,7,14-15H2,1H3,(H,16,17). The van der Waals surface area contributed by atoms with Crippen molar-refractivity contribution in [3.63, 3.8) is 0 Å². The van der Waals surface area contributed by atoms with Crippen molar-refractivity contribution in [3.05, 3.63) is 47.4 Å². The van der Waals surface area contributed by atoms with Crippen LogP contribution in [-0.4, -0.2) is 5.91 Å². The normalized spacial score (nSPS) is 10.3. The number of carbonyl (C=O) groups excluding carboxylic acids is 1. The molecule has 0 fully saturated rings. The first-order valence-electron chi connectivity index (χ1n) is 5.55. The van der Waals surface area contributed by atoms with E-state index in [9.17, 15) is 4.79 Å². The Balaban J connectivity index is 2.03. The van der Waals surface area contributed by atoms with Crippen molar-refractivity contribution < 1.29 is 9.21 Å². The van der Waals surface area contributed by atoms with Crippen molar-refractivity contribution in [3.8, 4) is 0 Å². The summed E-state index contributed by atoms with van der Waals surface area (Å²) in [6.07, 6.45) is 0. The summed E-state index contributed by atoms with van der Waals surface area (Å²) in [5.74, 6) is 1.27. The van der Waals surface area contributed by atoms with Crippen LogP contribution in [0.15, 0.2) is 34.7 Å². The fourth-order valence-electron chi connectivity index (χ4n) is 1.63. The van der Waals surface area contributed by atoms with Crippen LogP contribution < -0.4 is 16.8 Å². The summed E-state index contributed by atoms with van der Waals surface area (Å²) in [6.45, 7) is 2.18. The molecule has 0 aliphatic carbocycles. The molecule has 94 valence electrons. The van der Waals surface area contributed by atoms with Gasteiger partial charge in [-0.15, -0.1) is 0 Å². The zero-order valence-electron chi connectivity index (χ0n) is 10.1. The minimum atomic E-state index is -0.249. The molecule has 0 bridgehead atoms. The van der Waals surface area contributed by atoms with E-state index in [2.05, 4.69) is 5.32 Å². The maximum absolute atomic E-state index is 11.9. The topological polar surface area (TPSA) is 94.3 Å². The monoisotopic (exact) mass is 245 g/mol. The zero-order chi connectivity index (χ0) is 13.1. The molecule has 0 aliphatic rings. The molecule has 0 saturated heterocycles. The van der Waals surface area contributed by atoms with Gasteiger partial charge in [0.2, 0.25) is 0 Å². The Hall–Kier alpha value is -2.43. The van der Waals surface area contributed by atoms with E-state index >= 15 is 0 Å². The molecule has 0 spiro atoms. The second kappa shape index (κ2) is 4.83. The first-order chi connectivity index (χ1) is 8.56. The number of anilines is 2. The first kappa shape index (κ1) is 12.0. The summed E-state index contributed by atoms with van der Waals surface area (Å²) in [5, 5.41) is 2.74. The predicted octanol–water partition coefficient (Wildman–Crippen LogP) is 1.68. The second-order valence-corrected chi connectivity index (χ2v) is 4.04. The number of nitrogen functional groups attached to an aromatic ring is 2. The molecule has 1 aromatic carbocycles. The fourth-order valence-corrected chi connectivity index (χ4v) is 1.63. The maximum Gasteiger partial charge on any atom is 0.253 e. The van der Waals surface area contributed by atoms with E-state index in [1.165, 1.54) is 0 Å². The van der Waals surface area contributed by atoms with Gasteiger partial charge in [0.05, 0.1) is 12.1 Å². The highest BCUT2D eigenvalue weighted by Gasteiger charge is 2.10. The lowest BCUT2D eigenvalue weighted by molar-refractivity contribution is 0.0949. The third kappa shape index (κ3) is 2.63. The summed E-state index contributed by atoms with van der Waals surface area (Å²) in [4.78, 5) is 11.9. The van der Waals surface area contributed by atoms with Gasteiger partial charge in [0.25, 0.3) is 5.91 Å². The Morgan fingerprint density at radius 3 is 2.67 bits per heavy atom. The Morgan fingerprint density at radius 2 is 2.06 bits per heavy atom. The highest BCUT2D eigenvalue weighted by Crippen LogP contribution is 2.15. The molecule has 5 nitrogen and oxygen atoms in total. The summed E-state index contributed by atoms with van der Waals surface area (Å²) in [6, 6.07) is 8.47. The molecule has 5 heteroatoms. The molecule has 1 aromatic heterocycles. The molecule has 0 saturated carbocycles. The van der Waals surface area contributed by atoms with E-state index in [1.807, 2.05) is 19.1 Å². The number of amides is 1. The quantitative estimate of drug-likeness (QED) is 0.717. The van der Waals surface area contributed by atoms with Crippen LogP contribution in [-0.2, 0) is 6.54 Å². The number of hydrogen-bond acceptors (Lipinski definition) is 4. The molecular formula is C13H15N3O2. The smallest absolute Gasteiger partial charge is 0.253 e. The minimum Gasteiger partial charge on any atom is -0.465 e. The molecule has 2 aromatic rings. The number of nitrogens with one attached hydrogen (secondary N) is 1. The van der Waals surface area contributed by atoms with Gasteiger partial charge in [0, 0.05) is 11.4 Å².